The van der Waals surface area contributed by atoms with Crippen LogP contribution in [0.5, 0.6) is 0 Å². The van der Waals surface area contributed by atoms with E-state index in [1.807, 2.05) is 0 Å². The minimum Gasteiger partial charge on any atom is -0.396 e. The van der Waals surface area contributed by atoms with Gasteiger partial charge in [-0.2, -0.15) is 0 Å². The standard InChI is InChI=1S/C13H18BrNO/c14-12-6-4-11(5-7-12)13-3-1-8-15(13)9-2-10-16/h4-7,13,16H,1-3,8-10H2/t13-/m0/s1. The highest BCUT2D eigenvalue weighted by Gasteiger charge is 2.24. The van der Waals surface area contributed by atoms with Crippen molar-refractivity contribution in [1.82, 2.24) is 4.90 Å². The summed E-state index contributed by atoms with van der Waals surface area (Å²) in [4.78, 5) is 2.49. The van der Waals surface area contributed by atoms with E-state index in [0.29, 0.717) is 12.6 Å². The van der Waals surface area contributed by atoms with Crippen LogP contribution in [0.1, 0.15) is 30.9 Å². The number of aliphatic hydroxyl groups excluding tert-OH is 1. The molecule has 0 bridgehead atoms. The van der Waals surface area contributed by atoms with Gasteiger partial charge in [0, 0.05) is 23.7 Å². The molecule has 1 aliphatic rings. The summed E-state index contributed by atoms with van der Waals surface area (Å²) >= 11 is 3.46. The molecule has 0 aliphatic carbocycles. The van der Waals surface area contributed by atoms with E-state index >= 15 is 0 Å². The normalized spacial score (nSPS) is 21.5. The van der Waals surface area contributed by atoms with Gasteiger partial charge < -0.3 is 5.11 Å². The van der Waals surface area contributed by atoms with E-state index in [1.54, 1.807) is 0 Å². The van der Waals surface area contributed by atoms with Crippen molar-refractivity contribution in [2.45, 2.75) is 25.3 Å². The van der Waals surface area contributed by atoms with Gasteiger partial charge in [-0.25, -0.2) is 0 Å². The minimum absolute atomic E-state index is 0.295. The minimum atomic E-state index is 0.295. The highest BCUT2D eigenvalue weighted by atomic mass is 79.9. The molecule has 0 saturated carbocycles. The largest absolute Gasteiger partial charge is 0.396 e. The summed E-state index contributed by atoms with van der Waals surface area (Å²) in [6, 6.07) is 9.17. The van der Waals surface area contributed by atoms with Gasteiger partial charge in [0.2, 0.25) is 0 Å². The van der Waals surface area contributed by atoms with Gasteiger partial charge in [0.25, 0.3) is 0 Å². The van der Waals surface area contributed by atoms with Crippen molar-refractivity contribution >= 4 is 15.9 Å². The topological polar surface area (TPSA) is 23.5 Å². The van der Waals surface area contributed by atoms with Crippen molar-refractivity contribution in [3.05, 3.63) is 34.3 Å². The van der Waals surface area contributed by atoms with Gasteiger partial charge in [0.15, 0.2) is 0 Å². The van der Waals surface area contributed by atoms with Crippen molar-refractivity contribution in [1.29, 1.82) is 0 Å². The number of benzene rings is 1. The third kappa shape index (κ3) is 2.84. The van der Waals surface area contributed by atoms with Crippen LogP contribution in [0, 0.1) is 0 Å². The molecule has 0 unspecified atom stereocenters. The van der Waals surface area contributed by atoms with E-state index in [4.69, 9.17) is 5.11 Å². The lowest BCUT2D eigenvalue weighted by atomic mass is 10.0. The van der Waals surface area contributed by atoms with E-state index in [9.17, 15) is 0 Å². The summed E-state index contributed by atoms with van der Waals surface area (Å²) in [5, 5.41) is 8.89. The summed E-state index contributed by atoms with van der Waals surface area (Å²) in [7, 11) is 0. The predicted octanol–water partition coefficient (Wildman–Crippen LogP) is 2.97. The van der Waals surface area contributed by atoms with Crippen molar-refractivity contribution < 1.29 is 5.11 Å². The van der Waals surface area contributed by atoms with Crippen LogP contribution < -0.4 is 0 Å². The molecule has 1 aromatic carbocycles. The van der Waals surface area contributed by atoms with Crippen molar-refractivity contribution in [2.75, 3.05) is 19.7 Å². The van der Waals surface area contributed by atoms with Crippen LogP contribution in [-0.2, 0) is 0 Å². The molecule has 88 valence electrons. The molecule has 1 heterocycles. The number of halogens is 1. The zero-order valence-corrected chi connectivity index (χ0v) is 11.0. The monoisotopic (exact) mass is 283 g/mol. The molecule has 3 heteroatoms. The van der Waals surface area contributed by atoms with E-state index in [1.165, 1.54) is 24.9 Å². The van der Waals surface area contributed by atoms with Gasteiger partial charge in [-0.3, -0.25) is 4.90 Å². The van der Waals surface area contributed by atoms with Gasteiger partial charge in [-0.15, -0.1) is 0 Å². The third-order valence-electron chi connectivity index (χ3n) is 3.22. The van der Waals surface area contributed by atoms with Gasteiger partial charge in [0.1, 0.15) is 0 Å². The summed E-state index contributed by atoms with van der Waals surface area (Å²) in [6.45, 7) is 2.47. The summed E-state index contributed by atoms with van der Waals surface area (Å²) in [5.74, 6) is 0. The fourth-order valence-corrected chi connectivity index (χ4v) is 2.69. The Morgan fingerprint density at radius 3 is 2.75 bits per heavy atom. The van der Waals surface area contributed by atoms with E-state index < -0.39 is 0 Å². The number of nitrogens with zero attached hydrogens (tertiary/aromatic N) is 1. The van der Waals surface area contributed by atoms with Crippen LogP contribution in [0.3, 0.4) is 0 Å². The molecule has 2 rings (SSSR count). The van der Waals surface area contributed by atoms with Crippen molar-refractivity contribution in [3.63, 3.8) is 0 Å². The maximum absolute atomic E-state index is 8.89. The van der Waals surface area contributed by atoms with E-state index in [-0.39, 0.29) is 0 Å². The SMILES string of the molecule is OCCCN1CCC[C@H]1c1ccc(Br)cc1. The summed E-state index contributed by atoms with van der Waals surface area (Å²) in [5.41, 5.74) is 1.40. The van der Waals surface area contributed by atoms with Crippen molar-refractivity contribution in [2.24, 2.45) is 0 Å². The van der Waals surface area contributed by atoms with Gasteiger partial charge in [-0.1, -0.05) is 28.1 Å². The predicted molar refractivity (Wildman–Crippen MR) is 69.4 cm³/mol. The number of aliphatic hydroxyl groups is 1. The fraction of sp³-hybridized carbons (Fsp3) is 0.538. The number of hydrogen-bond acceptors (Lipinski definition) is 2. The Labute approximate surface area is 105 Å². The second-order valence-corrected chi connectivity index (χ2v) is 5.24. The lowest BCUT2D eigenvalue weighted by Gasteiger charge is -2.24. The molecule has 1 N–H and O–H groups in total. The molecule has 0 spiro atoms. The molecule has 0 aromatic heterocycles. The molecule has 16 heavy (non-hydrogen) atoms. The van der Waals surface area contributed by atoms with Crippen LogP contribution in [0.15, 0.2) is 28.7 Å². The first-order chi connectivity index (χ1) is 7.81. The molecule has 0 amide bonds. The third-order valence-corrected chi connectivity index (χ3v) is 3.75. The first-order valence-electron chi connectivity index (χ1n) is 5.91. The zero-order valence-electron chi connectivity index (χ0n) is 9.40. The summed E-state index contributed by atoms with van der Waals surface area (Å²) in [6.07, 6.45) is 3.40. The number of likely N-dealkylation sites (tertiary alicyclic amines) is 1. The molecule has 0 radical (unpaired) electrons. The van der Waals surface area contributed by atoms with Crippen LogP contribution in [0.4, 0.5) is 0 Å². The Balaban J connectivity index is 2.04. The van der Waals surface area contributed by atoms with Crippen LogP contribution >= 0.6 is 15.9 Å². The van der Waals surface area contributed by atoms with E-state index in [2.05, 4.69) is 45.1 Å². The molecular formula is C13H18BrNO. The molecular weight excluding hydrogens is 266 g/mol. The smallest absolute Gasteiger partial charge is 0.0443 e. The highest BCUT2D eigenvalue weighted by molar-refractivity contribution is 9.10. The second kappa shape index (κ2) is 5.80. The van der Waals surface area contributed by atoms with Crippen molar-refractivity contribution in [3.8, 4) is 0 Å². The zero-order chi connectivity index (χ0) is 11.4. The van der Waals surface area contributed by atoms with Crippen LogP contribution in [0.2, 0.25) is 0 Å². The van der Waals surface area contributed by atoms with Gasteiger partial charge in [-0.05, 0) is 43.5 Å². The van der Waals surface area contributed by atoms with Crippen LogP contribution in [0.25, 0.3) is 0 Å². The number of hydrogen-bond donors (Lipinski definition) is 1. The average molecular weight is 284 g/mol. The molecule has 1 saturated heterocycles. The molecule has 2 nitrogen and oxygen atoms in total. The van der Waals surface area contributed by atoms with E-state index in [0.717, 1.165) is 17.4 Å². The first kappa shape index (κ1) is 12.1. The molecule has 1 fully saturated rings. The Hall–Kier alpha value is -0.380. The Kier molecular flexibility index (Phi) is 4.38. The molecule has 1 aliphatic heterocycles. The lowest BCUT2D eigenvalue weighted by molar-refractivity contribution is 0.214. The Bertz CT molecular complexity index is 325. The van der Waals surface area contributed by atoms with Gasteiger partial charge in [0.05, 0.1) is 0 Å². The molecule has 1 atom stereocenters. The maximum atomic E-state index is 8.89. The van der Waals surface area contributed by atoms with Crippen LogP contribution in [-0.4, -0.2) is 29.7 Å². The lowest BCUT2D eigenvalue weighted by Crippen LogP contribution is -2.25. The van der Waals surface area contributed by atoms with Gasteiger partial charge >= 0.3 is 0 Å². The Morgan fingerprint density at radius 1 is 1.31 bits per heavy atom. The molecule has 1 aromatic rings. The number of rotatable bonds is 4. The summed E-state index contributed by atoms with van der Waals surface area (Å²) < 4.78 is 1.14. The average Bonchev–Trinajstić information content (AvgIpc) is 2.75. The highest BCUT2D eigenvalue weighted by Crippen LogP contribution is 2.32. The Morgan fingerprint density at radius 2 is 2.06 bits per heavy atom. The fourth-order valence-electron chi connectivity index (χ4n) is 2.43. The first-order valence-corrected chi connectivity index (χ1v) is 6.71. The maximum Gasteiger partial charge on any atom is 0.0443 e. The second-order valence-electron chi connectivity index (χ2n) is 4.32. The quantitative estimate of drug-likeness (QED) is 0.919.